The fourth-order valence-electron chi connectivity index (χ4n) is 2.80. The maximum absolute atomic E-state index is 12.4. The molecule has 0 atom stereocenters. The van der Waals surface area contributed by atoms with Crippen LogP contribution in [0.2, 0.25) is 0 Å². The Kier molecular flexibility index (Phi) is 4.96. The summed E-state index contributed by atoms with van der Waals surface area (Å²) in [6.07, 6.45) is 1.32. The molecular weight excluding hydrogens is 344 g/mol. The molecular formula is C20H23N4O3+. The number of fused-ring (bicyclic) bond motifs is 1. The van der Waals surface area contributed by atoms with Gasteiger partial charge in [-0.3, -0.25) is 14.8 Å². The van der Waals surface area contributed by atoms with E-state index in [0.29, 0.717) is 12.2 Å². The van der Waals surface area contributed by atoms with E-state index >= 15 is 0 Å². The zero-order valence-corrected chi connectivity index (χ0v) is 15.6. The van der Waals surface area contributed by atoms with Gasteiger partial charge in [0.05, 0.1) is 39.9 Å². The lowest BCUT2D eigenvalue weighted by Crippen LogP contribution is -2.36. The number of quaternary nitrogens is 1. The van der Waals surface area contributed by atoms with Crippen molar-refractivity contribution in [2.75, 3.05) is 34.2 Å². The van der Waals surface area contributed by atoms with E-state index in [4.69, 9.17) is 0 Å². The quantitative estimate of drug-likeness (QED) is 0.529. The monoisotopic (exact) mass is 367 g/mol. The molecule has 0 amide bonds. The summed E-state index contributed by atoms with van der Waals surface area (Å²) >= 11 is 0. The Bertz CT molecular complexity index is 1120. The molecule has 140 valence electrons. The SMILES string of the molecule is C[N+](C)(C)CCN=Cc1c(O)n(-c2cccc3ccccc23)c(=O)[nH]c1=O. The van der Waals surface area contributed by atoms with Gasteiger partial charge >= 0.3 is 5.69 Å². The molecule has 0 aliphatic carbocycles. The lowest BCUT2D eigenvalue weighted by Gasteiger charge is -2.22. The Morgan fingerprint density at radius 1 is 1.11 bits per heavy atom. The number of hydrogen-bond acceptors (Lipinski definition) is 4. The Balaban J connectivity index is 2.11. The van der Waals surface area contributed by atoms with Crippen LogP contribution in [0.3, 0.4) is 0 Å². The molecule has 0 aliphatic heterocycles. The summed E-state index contributed by atoms with van der Waals surface area (Å²) in [6.45, 7) is 1.27. The third-order valence-corrected chi connectivity index (χ3v) is 4.25. The molecule has 0 bridgehead atoms. The number of benzene rings is 2. The highest BCUT2D eigenvalue weighted by molar-refractivity contribution is 5.91. The summed E-state index contributed by atoms with van der Waals surface area (Å²) in [7, 11) is 6.13. The van der Waals surface area contributed by atoms with Crippen molar-refractivity contribution in [1.29, 1.82) is 0 Å². The van der Waals surface area contributed by atoms with Gasteiger partial charge in [0.25, 0.3) is 5.56 Å². The number of nitrogens with one attached hydrogen (secondary N) is 1. The predicted molar refractivity (Wildman–Crippen MR) is 107 cm³/mol. The van der Waals surface area contributed by atoms with Crippen LogP contribution in [-0.4, -0.2) is 59.6 Å². The Morgan fingerprint density at radius 2 is 1.81 bits per heavy atom. The molecule has 2 aromatic carbocycles. The number of rotatable bonds is 5. The minimum atomic E-state index is -0.697. The van der Waals surface area contributed by atoms with Crippen molar-refractivity contribution >= 4 is 17.0 Å². The lowest BCUT2D eigenvalue weighted by atomic mass is 10.1. The first-order valence-electron chi connectivity index (χ1n) is 8.65. The van der Waals surface area contributed by atoms with Gasteiger partial charge in [0, 0.05) is 11.6 Å². The van der Waals surface area contributed by atoms with E-state index < -0.39 is 17.1 Å². The molecule has 7 heteroatoms. The van der Waals surface area contributed by atoms with E-state index in [1.165, 1.54) is 6.21 Å². The van der Waals surface area contributed by atoms with E-state index in [1.807, 2.05) is 51.5 Å². The zero-order chi connectivity index (χ0) is 19.6. The van der Waals surface area contributed by atoms with Gasteiger partial charge in [-0.2, -0.15) is 0 Å². The minimum Gasteiger partial charge on any atom is -0.493 e. The van der Waals surface area contributed by atoms with E-state index in [9.17, 15) is 14.7 Å². The number of H-pyrrole nitrogens is 1. The van der Waals surface area contributed by atoms with Crippen LogP contribution in [0, 0.1) is 0 Å². The molecule has 1 aromatic heterocycles. The Hall–Kier alpha value is -3.19. The van der Waals surface area contributed by atoms with E-state index in [2.05, 4.69) is 9.98 Å². The smallest absolute Gasteiger partial charge is 0.335 e. The van der Waals surface area contributed by atoms with Crippen LogP contribution >= 0.6 is 0 Å². The van der Waals surface area contributed by atoms with E-state index in [-0.39, 0.29) is 5.56 Å². The fraction of sp³-hybridized carbons (Fsp3) is 0.250. The van der Waals surface area contributed by atoms with Crippen LogP contribution in [0.1, 0.15) is 5.56 Å². The second kappa shape index (κ2) is 7.20. The van der Waals surface area contributed by atoms with Crippen LogP contribution in [-0.2, 0) is 0 Å². The number of likely N-dealkylation sites (N-methyl/N-ethyl adjacent to an activating group) is 1. The maximum atomic E-state index is 12.4. The average Bonchev–Trinajstić information content (AvgIpc) is 2.60. The largest absolute Gasteiger partial charge is 0.493 e. The summed E-state index contributed by atoms with van der Waals surface area (Å²) in [4.78, 5) is 31.1. The number of aromatic hydroxyl groups is 1. The molecule has 0 aliphatic rings. The molecule has 0 fully saturated rings. The molecule has 3 rings (SSSR count). The molecule has 0 radical (unpaired) electrons. The van der Waals surface area contributed by atoms with Crippen LogP contribution in [0.15, 0.2) is 57.0 Å². The van der Waals surface area contributed by atoms with Gasteiger partial charge in [0.2, 0.25) is 5.88 Å². The highest BCUT2D eigenvalue weighted by Crippen LogP contribution is 2.24. The highest BCUT2D eigenvalue weighted by Gasteiger charge is 2.16. The summed E-state index contributed by atoms with van der Waals surface area (Å²) in [6, 6.07) is 13.0. The number of hydrogen-bond donors (Lipinski definition) is 2. The van der Waals surface area contributed by atoms with Gasteiger partial charge in [-0.05, 0) is 11.5 Å². The van der Waals surface area contributed by atoms with Crippen molar-refractivity contribution in [3.8, 4) is 11.6 Å². The second-order valence-electron chi connectivity index (χ2n) is 7.38. The third-order valence-electron chi connectivity index (χ3n) is 4.25. The van der Waals surface area contributed by atoms with Gasteiger partial charge < -0.3 is 9.59 Å². The molecule has 7 nitrogen and oxygen atoms in total. The van der Waals surface area contributed by atoms with Crippen molar-refractivity contribution in [2.24, 2.45) is 4.99 Å². The summed E-state index contributed by atoms with van der Waals surface area (Å²) < 4.78 is 1.83. The number of nitrogens with zero attached hydrogens (tertiary/aromatic N) is 3. The summed E-state index contributed by atoms with van der Waals surface area (Å²) in [5.41, 5.74) is -0.905. The van der Waals surface area contributed by atoms with Gasteiger partial charge in [-0.1, -0.05) is 36.4 Å². The van der Waals surface area contributed by atoms with E-state index in [1.54, 1.807) is 12.1 Å². The first kappa shape index (κ1) is 18.6. The van der Waals surface area contributed by atoms with Crippen LogP contribution in [0.25, 0.3) is 16.5 Å². The van der Waals surface area contributed by atoms with Crippen molar-refractivity contribution in [2.45, 2.75) is 0 Å². The summed E-state index contributed by atoms with van der Waals surface area (Å²) in [5.74, 6) is -0.422. The fourth-order valence-corrected chi connectivity index (χ4v) is 2.80. The number of aromatic amines is 1. The predicted octanol–water partition coefficient (Wildman–Crippen LogP) is 1.51. The molecule has 0 unspecified atom stereocenters. The van der Waals surface area contributed by atoms with Gasteiger partial charge in [-0.15, -0.1) is 0 Å². The molecule has 27 heavy (non-hydrogen) atoms. The van der Waals surface area contributed by atoms with Crippen molar-refractivity contribution in [1.82, 2.24) is 9.55 Å². The van der Waals surface area contributed by atoms with Crippen LogP contribution in [0.5, 0.6) is 5.88 Å². The number of aromatic nitrogens is 2. The first-order chi connectivity index (χ1) is 12.8. The number of aliphatic imine (C=N–C) groups is 1. The molecule has 1 heterocycles. The molecule has 0 spiro atoms. The standard InChI is InChI=1S/C20H22N4O3/c1-24(2,3)12-11-21-13-16-18(25)22-20(27)23(19(16)26)17-10-6-8-14-7-4-5-9-15(14)17/h4-10,13H,11-12H2,1-3H3,(H-,21,22,25,26,27)/p+1. The van der Waals surface area contributed by atoms with Gasteiger partial charge in [-0.25, -0.2) is 9.36 Å². The van der Waals surface area contributed by atoms with Crippen molar-refractivity contribution in [3.63, 3.8) is 0 Å². The second-order valence-corrected chi connectivity index (χ2v) is 7.38. The average molecular weight is 367 g/mol. The van der Waals surface area contributed by atoms with Crippen LogP contribution in [0.4, 0.5) is 0 Å². The molecule has 0 saturated carbocycles. The summed E-state index contributed by atoms with van der Waals surface area (Å²) in [5, 5.41) is 12.4. The van der Waals surface area contributed by atoms with Crippen molar-refractivity contribution in [3.05, 3.63) is 68.9 Å². The lowest BCUT2D eigenvalue weighted by molar-refractivity contribution is -0.868. The topological polar surface area (TPSA) is 87.4 Å². The maximum Gasteiger partial charge on any atom is 0.335 e. The normalized spacial score (nSPS) is 12.1. The Morgan fingerprint density at radius 3 is 2.56 bits per heavy atom. The van der Waals surface area contributed by atoms with Gasteiger partial charge in [0.15, 0.2) is 0 Å². The van der Waals surface area contributed by atoms with Gasteiger partial charge in [0.1, 0.15) is 5.56 Å². The molecule has 3 aromatic rings. The first-order valence-corrected chi connectivity index (χ1v) is 8.65. The van der Waals surface area contributed by atoms with Crippen LogP contribution < -0.4 is 11.2 Å². The Labute approximate surface area is 156 Å². The molecule has 2 N–H and O–H groups in total. The minimum absolute atomic E-state index is 0.0380. The third kappa shape index (κ3) is 3.98. The zero-order valence-electron chi connectivity index (χ0n) is 15.6. The highest BCUT2D eigenvalue weighted by atomic mass is 16.3. The van der Waals surface area contributed by atoms with E-state index in [0.717, 1.165) is 26.4 Å². The van der Waals surface area contributed by atoms with Crippen molar-refractivity contribution < 1.29 is 9.59 Å². The molecule has 0 saturated heterocycles.